The number of nitrogens with zero attached hydrogens (tertiary/aromatic N) is 1. The molecule has 0 atom stereocenters. The van der Waals surface area contributed by atoms with Gasteiger partial charge in [0.25, 0.3) is 0 Å². The van der Waals surface area contributed by atoms with E-state index in [-0.39, 0.29) is 17.2 Å². The highest BCUT2D eigenvalue weighted by molar-refractivity contribution is 7.89. The van der Waals surface area contributed by atoms with Crippen LogP contribution in [0.2, 0.25) is 0 Å². The van der Waals surface area contributed by atoms with E-state index >= 15 is 0 Å². The highest BCUT2D eigenvalue weighted by Crippen LogP contribution is 2.19. The second-order valence-electron chi connectivity index (χ2n) is 4.84. The predicted octanol–water partition coefficient (Wildman–Crippen LogP) is 2.61. The van der Waals surface area contributed by atoms with Crippen molar-refractivity contribution < 1.29 is 17.6 Å². The Balaban J connectivity index is 2.24. The molecule has 0 saturated carbocycles. The zero-order valence-electron chi connectivity index (χ0n) is 12.2. The van der Waals surface area contributed by atoms with Gasteiger partial charge in [0.1, 0.15) is 5.76 Å². The first-order chi connectivity index (χ1) is 9.82. The second kappa shape index (κ2) is 5.83. The molecule has 0 N–H and O–H groups in total. The van der Waals surface area contributed by atoms with Gasteiger partial charge in [-0.1, -0.05) is 12.1 Å². The minimum atomic E-state index is -3.59. The van der Waals surface area contributed by atoms with Gasteiger partial charge in [-0.25, -0.2) is 8.42 Å². The molecule has 1 heterocycles. The smallest absolute Gasteiger partial charge is 0.243 e. The van der Waals surface area contributed by atoms with Gasteiger partial charge in [-0.2, -0.15) is 4.31 Å². The van der Waals surface area contributed by atoms with Gasteiger partial charge in [0.15, 0.2) is 5.78 Å². The Bertz CT molecular complexity index is 744. The van der Waals surface area contributed by atoms with Gasteiger partial charge in [-0.3, -0.25) is 4.79 Å². The van der Waals surface area contributed by atoms with Gasteiger partial charge in [0, 0.05) is 24.7 Å². The van der Waals surface area contributed by atoms with Crippen LogP contribution in [0.3, 0.4) is 0 Å². The van der Waals surface area contributed by atoms with Crippen molar-refractivity contribution in [2.24, 2.45) is 0 Å². The standard InChI is InChI=1S/C15H17NO4S/c1-11(17)13-4-6-15(7-5-13)21(18,19)16(3)10-14-8-9-20-12(14)2/h4-9H,10H2,1-3H3. The summed E-state index contributed by atoms with van der Waals surface area (Å²) in [6.45, 7) is 3.47. The van der Waals surface area contributed by atoms with Crippen molar-refractivity contribution in [2.45, 2.75) is 25.3 Å². The van der Waals surface area contributed by atoms with Gasteiger partial charge in [-0.05, 0) is 32.0 Å². The number of sulfonamides is 1. The zero-order chi connectivity index (χ0) is 15.6. The fourth-order valence-electron chi connectivity index (χ4n) is 1.94. The molecular weight excluding hydrogens is 290 g/mol. The molecule has 21 heavy (non-hydrogen) atoms. The number of furan rings is 1. The number of rotatable bonds is 5. The van der Waals surface area contributed by atoms with Crippen LogP contribution in [0.1, 0.15) is 28.6 Å². The number of carbonyl (C=O) groups is 1. The van der Waals surface area contributed by atoms with Crippen molar-refractivity contribution in [3.63, 3.8) is 0 Å². The summed E-state index contributed by atoms with van der Waals surface area (Å²) in [5.41, 5.74) is 1.31. The van der Waals surface area contributed by atoms with Gasteiger partial charge in [-0.15, -0.1) is 0 Å². The van der Waals surface area contributed by atoms with E-state index in [1.807, 2.05) is 0 Å². The van der Waals surface area contributed by atoms with Gasteiger partial charge >= 0.3 is 0 Å². The molecular formula is C15H17NO4S. The van der Waals surface area contributed by atoms with Crippen LogP contribution >= 0.6 is 0 Å². The van der Waals surface area contributed by atoms with E-state index in [0.717, 1.165) is 5.56 Å². The Morgan fingerprint density at radius 1 is 1.19 bits per heavy atom. The predicted molar refractivity (Wildman–Crippen MR) is 78.5 cm³/mol. The lowest BCUT2D eigenvalue weighted by molar-refractivity contribution is 0.101. The van der Waals surface area contributed by atoms with Crippen LogP contribution in [0.5, 0.6) is 0 Å². The SMILES string of the molecule is CC(=O)c1ccc(S(=O)(=O)N(C)Cc2ccoc2C)cc1. The molecule has 0 spiro atoms. The highest BCUT2D eigenvalue weighted by Gasteiger charge is 2.22. The summed E-state index contributed by atoms with van der Waals surface area (Å²) >= 11 is 0. The van der Waals surface area contributed by atoms with Gasteiger partial charge in [0.05, 0.1) is 11.2 Å². The molecule has 0 aliphatic carbocycles. The summed E-state index contributed by atoms with van der Waals surface area (Å²) in [7, 11) is -2.08. The molecule has 1 aromatic heterocycles. The van der Waals surface area contributed by atoms with Crippen molar-refractivity contribution >= 4 is 15.8 Å². The lowest BCUT2D eigenvalue weighted by atomic mass is 10.2. The van der Waals surface area contributed by atoms with Gasteiger partial charge < -0.3 is 4.42 Å². The number of aryl methyl sites for hydroxylation is 1. The Morgan fingerprint density at radius 3 is 2.29 bits per heavy atom. The number of benzene rings is 1. The maximum Gasteiger partial charge on any atom is 0.243 e. The number of hydrogen-bond acceptors (Lipinski definition) is 4. The van der Waals surface area contributed by atoms with Crippen LogP contribution < -0.4 is 0 Å². The molecule has 2 rings (SSSR count). The van der Waals surface area contributed by atoms with Crippen molar-refractivity contribution in [1.29, 1.82) is 0 Å². The average molecular weight is 307 g/mol. The van der Waals surface area contributed by atoms with E-state index in [9.17, 15) is 13.2 Å². The third-order valence-corrected chi connectivity index (χ3v) is 5.15. The molecule has 1 aromatic carbocycles. The fourth-order valence-corrected chi connectivity index (χ4v) is 3.09. The van der Waals surface area contributed by atoms with E-state index in [0.29, 0.717) is 11.3 Å². The van der Waals surface area contributed by atoms with Crippen molar-refractivity contribution in [2.75, 3.05) is 7.05 Å². The van der Waals surface area contributed by atoms with Gasteiger partial charge in [0.2, 0.25) is 10.0 Å². The van der Waals surface area contributed by atoms with E-state index in [1.165, 1.54) is 48.8 Å². The molecule has 0 aliphatic rings. The summed E-state index contributed by atoms with van der Waals surface area (Å²) in [5, 5.41) is 0. The second-order valence-corrected chi connectivity index (χ2v) is 6.89. The quantitative estimate of drug-likeness (QED) is 0.796. The maximum absolute atomic E-state index is 12.5. The van der Waals surface area contributed by atoms with Crippen LogP contribution in [0.25, 0.3) is 0 Å². The topological polar surface area (TPSA) is 67.6 Å². The zero-order valence-corrected chi connectivity index (χ0v) is 13.0. The molecule has 0 unspecified atom stereocenters. The largest absolute Gasteiger partial charge is 0.469 e. The number of Topliss-reactive ketones (excluding diaryl/α,β-unsaturated/α-hetero) is 1. The van der Waals surface area contributed by atoms with E-state index < -0.39 is 10.0 Å². The maximum atomic E-state index is 12.5. The van der Waals surface area contributed by atoms with Crippen molar-refractivity contribution in [3.8, 4) is 0 Å². The third kappa shape index (κ3) is 3.22. The fraction of sp³-hybridized carbons (Fsp3) is 0.267. The molecule has 0 aliphatic heterocycles. The van der Waals surface area contributed by atoms with Crippen LogP contribution in [-0.2, 0) is 16.6 Å². The first kappa shape index (κ1) is 15.5. The van der Waals surface area contributed by atoms with Crippen LogP contribution in [-0.4, -0.2) is 25.6 Å². The molecule has 0 saturated heterocycles. The number of hydrogen-bond donors (Lipinski definition) is 0. The minimum absolute atomic E-state index is 0.0960. The summed E-state index contributed by atoms with van der Waals surface area (Å²) in [5.74, 6) is 0.602. The van der Waals surface area contributed by atoms with E-state index in [2.05, 4.69) is 0 Å². The van der Waals surface area contributed by atoms with E-state index in [4.69, 9.17) is 4.42 Å². The van der Waals surface area contributed by atoms with Crippen molar-refractivity contribution in [1.82, 2.24) is 4.31 Å². The lowest BCUT2D eigenvalue weighted by Gasteiger charge is -2.17. The first-order valence-electron chi connectivity index (χ1n) is 6.42. The molecule has 2 aromatic rings. The molecule has 0 radical (unpaired) electrons. The Morgan fingerprint density at radius 2 is 1.81 bits per heavy atom. The molecule has 0 bridgehead atoms. The molecule has 5 nitrogen and oxygen atoms in total. The van der Waals surface area contributed by atoms with Crippen LogP contribution in [0.15, 0.2) is 45.9 Å². The first-order valence-corrected chi connectivity index (χ1v) is 7.86. The Hall–Kier alpha value is -1.92. The molecule has 0 fully saturated rings. The monoisotopic (exact) mass is 307 g/mol. The summed E-state index contributed by atoms with van der Waals surface area (Å²) in [6, 6.07) is 7.69. The van der Waals surface area contributed by atoms with E-state index in [1.54, 1.807) is 13.0 Å². The van der Waals surface area contributed by atoms with Crippen molar-refractivity contribution in [3.05, 3.63) is 53.5 Å². The summed E-state index contributed by atoms with van der Waals surface area (Å²) in [6.07, 6.45) is 1.53. The summed E-state index contributed by atoms with van der Waals surface area (Å²) < 4.78 is 31.3. The van der Waals surface area contributed by atoms with Crippen LogP contribution in [0.4, 0.5) is 0 Å². The van der Waals surface area contributed by atoms with Crippen LogP contribution in [0, 0.1) is 6.92 Å². The number of carbonyl (C=O) groups excluding carboxylic acids is 1. The lowest BCUT2D eigenvalue weighted by Crippen LogP contribution is -2.26. The third-order valence-electron chi connectivity index (χ3n) is 3.33. The Labute approximate surface area is 124 Å². The number of ketones is 1. The normalized spacial score (nSPS) is 11.8. The Kier molecular flexibility index (Phi) is 4.29. The molecule has 112 valence electrons. The summed E-state index contributed by atoms with van der Waals surface area (Å²) in [4.78, 5) is 11.4. The minimum Gasteiger partial charge on any atom is -0.469 e. The average Bonchev–Trinajstić information content (AvgIpc) is 2.84. The molecule has 6 heteroatoms. The molecule has 0 amide bonds. The highest BCUT2D eigenvalue weighted by atomic mass is 32.2.